The van der Waals surface area contributed by atoms with Crippen LogP contribution in [0.25, 0.3) is 15.7 Å². The summed E-state index contributed by atoms with van der Waals surface area (Å²) in [6.07, 6.45) is -0.704. The lowest BCUT2D eigenvalue weighted by molar-refractivity contribution is -0.137. The van der Waals surface area contributed by atoms with Crippen LogP contribution in [0.4, 0.5) is 24.5 Å². The van der Waals surface area contributed by atoms with Crippen molar-refractivity contribution >= 4 is 28.2 Å². The summed E-state index contributed by atoms with van der Waals surface area (Å²) in [5.74, 6) is -0.342. The van der Waals surface area contributed by atoms with Gasteiger partial charge in [0.15, 0.2) is 5.69 Å². The highest BCUT2D eigenvalue weighted by Crippen LogP contribution is 2.43. The average Bonchev–Trinajstić information content (AvgIpc) is 3.03. The van der Waals surface area contributed by atoms with Crippen LogP contribution in [-0.4, -0.2) is 10.5 Å². The first-order chi connectivity index (χ1) is 13.7. The van der Waals surface area contributed by atoms with Gasteiger partial charge in [0.1, 0.15) is 5.54 Å². The maximum atomic E-state index is 13.2. The first-order valence-electron chi connectivity index (χ1n) is 9.23. The second-order valence-corrected chi connectivity index (χ2v) is 7.43. The lowest BCUT2D eigenvalue weighted by Gasteiger charge is -2.42. The van der Waals surface area contributed by atoms with E-state index in [1.807, 2.05) is 42.0 Å². The summed E-state index contributed by atoms with van der Waals surface area (Å²) in [4.78, 5) is 16.1. The summed E-state index contributed by atoms with van der Waals surface area (Å²) in [7, 11) is 0. The molecule has 7 heteroatoms. The lowest BCUT2D eigenvalue weighted by atomic mass is 9.75. The molecule has 3 aromatic rings. The quantitative estimate of drug-likeness (QED) is 0.538. The fraction of sp³-hybridized carbons (Fsp3) is 0.273. The second kappa shape index (κ2) is 6.66. The van der Waals surface area contributed by atoms with Gasteiger partial charge in [-0.2, -0.15) is 13.2 Å². The highest BCUT2D eigenvalue weighted by atomic mass is 19.4. The van der Waals surface area contributed by atoms with Gasteiger partial charge in [0.25, 0.3) is 5.91 Å². The van der Waals surface area contributed by atoms with Crippen LogP contribution >= 0.6 is 0 Å². The van der Waals surface area contributed by atoms with E-state index in [-0.39, 0.29) is 11.6 Å². The van der Waals surface area contributed by atoms with Crippen LogP contribution in [0.2, 0.25) is 0 Å². The highest BCUT2D eigenvalue weighted by Gasteiger charge is 2.46. The SMILES string of the molecule is [C-]#[N+]c1ccc(NC(=O)C2(n3ccc4cc(C)ccc43)CCC2)cc1C(F)(F)F. The number of amides is 1. The summed E-state index contributed by atoms with van der Waals surface area (Å²) in [6, 6.07) is 11.2. The van der Waals surface area contributed by atoms with Crippen LogP contribution in [0.5, 0.6) is 0 Å². The van der Waals surface area contributed by atoms with Gasteiger partial charge in [0.05, 0.1) is 12.1 Å². The summed E-state index contributed by atoms with van der Waals surface area (Å²) in [5, 5.41) is 3.67. The predicted molar refractivity (Wildman–Crippen MR) is 105 cm³/mol. The molecule has 0 spiro atoms. The van der Waals surface area contributed by atoms with Crippen LogP contribution in [0.15, 0.2) is 48.7 Å². The van der Waals surface area contributed by atoms with Crippen molar-refractivity contribution in [1.82, 2.24) is 4.57 Å². The Morgan fingerprint density at radius 3 is 2.55 bits per heavy atom. The molecule has 1 amide bonds. The number of aromatic nitrogens is 1. The Bertz CT molecular complexity index is 1150. The van der Waals surface area contributed by atoms with Crippen LogP contribution in [0.1, 0.15) is 30.4 Å². The zero-order chi connectivity index (χ0) is 20.8. The zero-order valence-corrected chi connectivity index (χ0v) is 15.7. The molecule has 1 N–H and O–H groups in total. The number of carbonyl (C=O) groups excluding carboxylic acids is 1. The van der Waals surface area contributed by atoms with E-state index in [9.17, 15) is 18.0 Å². The molecule has 1 fully saturated rings. The number of rotatable bonds is 3. The molecular weight excluding hydrogens is 379 g/mol. The van der Waals surface area contributed by atoms with Gasteiger partial charge in [-0.05, 0) is 61.9 Å². The topological polar surface area (TPSA) is 38.4 Å². The second-order valence-electron chi connectivity index (χ2n) is 7.43. The number of nitrogens with zero attached hydrogens (tertiary/aromatic N) is 2. The Balaban J connectivity index is 1.69. The Labute approximate surface area is 165 Å². The van der Waals surface area contributed by atoms with Gasteiger partial charge >= 0.3 is 6.18 Å². The van der Waals surface area contributed by atoms with Crippen LogP contribution in [-0.2, 0) is 16.5 Å². The summed E-state index contributed by atoms with van der Waals surface area (Å²) in [6.45, 7) is 8.93. The minimum atomic E-state index is -4.66. The highest BCUT2D eigenvalue weighted by molar-refractivity contribution is 5.99. The van der Waals surface area contributed by atoms with Crippen molar-refractivity contribution in [1.29, 1.82) is 0 Å². The standard InChI is InChI=1S/C22H18F3N3O/c1-14-4-7-19-15(12-14)8-11-28(19)21(9-3-10-21)20(29)27-16-5-6-18(26-2)17(13-16)22(23,24)25/h4-8,11-13H,3,9-10H2,1H3,(H,27,29). The number of anilines is 1. The molecule has 1 heterocycles. The number of nitrogens with one attached hydrogen (secondary N) is 1. The van der Waals surface area contributed by atoms with E-state index in [2.05, 4.69) is 10.2 Å². The molecule has 0 aliphatic heterocycles. The van der Waals surface area contributed by atoms with E-state index < -0.39 is 23.0 Å². The third-order valence-corrected chi connectivity index (χ3v) is 5.59. The van der Waals surface area contributed by atoms with Crippen LogP contribution in [0, 0.1) is 13.5 Å². The van der Waals surface area contributed by atoms with Crippen LogP contribution < -0.4 is 5.32 Å². The predicted octanol–water partition coefficient (Wildman–Crippen LogP) is 6.04. The molecule has 29 heavy (non-hydrogen) atoms. The number of aryl methyl sites for hydroxylation is 1. The van der Waals surface area contributed by atoms with E-state index in [4.69, 9.17) is 6.57 Å². The molecule has 0 saturated heterocycles. The molecule has 0 unspecified atom stereocenters. The van der Waals surface area contributed by atoms with E-state index in [0.29, 0.717) is 12.8 Å². The Hall–Kier alpha value is -3.27. The fourth-order valence-corrected chi connectivity index (χ4v) is 3.91. The molecule has 1 saturated carbocycles. The third-order valence-electron chi connectivity index (χ3n) is 5.59. The van der Waals surface area contributed by atoms with Gasteiger partial charge < -0.3 is 9.88 Å². The Kier molecular flexibility index (Phi) is 4.38. The molecule has 1 aromatic heterocycles. The molecule has 0 bridgehead atoms. The number of fused-ring (bicyclic) bond motifs is 1. The van der Waals surface area contributed by atoms with Crippen molar-refractivity contribution in [2.75, 3.05) is 5.32 Å². The summed E-state index contributed by atoms with van der Waals surface area (Å²) in [5.41, 5.74) is -0.288. The number of halogens is 3. The molecule has 0 radical (unpaired) electrons. The lowest BCUT2D eigenvalue weighted by Crippen LogP contribution is -2.50. The molecule has 0 atom stereocenters. The minimum absolute atomic E-state index is 0.0355. The summed E-state index contributed by atoms with van der Waals surface area (Å²) >= 11 is 0. The molecule has 148 valence electrons. The zero-order valence-electron chi connectivity index (χ0n) is 15.7. The van der Waals surface area contributed by atoms with Gasteiger partial charge in [-0.3, -0.25) is 4.79 Å². The van der Waals surface area contributed by atoms with Crippen molar-refractivity contribution in [2.45, 2.75) is 37.9 Å². The molecule has 1 aliphatic rings. The molecular formula is C22H18F3N3O. The molecule has 4 rings (SSSR count). The van der Waals surface area contributed by atoms with Crippen molar-refractivity contribution in [2.24, 2.45) is 0 Å². The normalized spacial score (nSPS) is 15.6. The number of carbonyl (C=O) groups is 1. The average molecular weight is 397 g/mol. The van der Waals surface area contributed by atoms with Gasteiger partial charge in [-0.1, -0.05) is 17.7 Å². The van der Waals surface area contributed by atoms with E-state index in [1.165, 1.54) is 6.07 Å². The largest absolute Gasteiger partial charge is 0.407 e. The van der Waals surface area contributed by atoms with E-state index >= 15 is 0 Å². The first-order valence-corrected chi connectivity index (χ1v) is 9.23. The number of alkyl halides is 3. The fourth-order valence-electron chi connectivity index (χ4n) is 3.91. The van der Waals surface area contributed by atoms with Crippen molar-refractivity contribution in [3.8, 4) is 0 Å². The van der Waals surface area contributed by atoms with Crippen LogP contribution in [0.3, 0.4) is 0 Å². The van der Waals surface area contributed by atoms with E-state index in [0.717, 1.165) is 35.0 Å². The van der Waals surface area contributed by atoms with Gasteiger partial charge in [-0.15, -0.1) is 0 Å². The van der Waals surface area contributed by atoms with Gasteiger partial charge in [0, 0.05) is 17.4 Å². The van der Waals surface area contributed by atoms with Gasteiger partial charge in [-0.25, -0.2) is 4.85 Å². The summed E-state index contributed by atoms with van der Waals surface area (Å²) < 4.78 is 41.6. The Morgan fingerprint density at radius 1 is 1.17 bits per heavy atom. The van der Waals surface area contributed by atoms with Crippen molar-refractivity contribution < 1.29 is 18.0 Å². The monoisotopic (exact) mass is 397 g/mol. The van der Waals surface area contributed by atoms with Crippen molar-refractivity contribution in [3.63, 3.8) is 0 Å². The minimum Gasteiger partial charge on any atom is -0.332 e. The van der Waals surface area contributed by atoms with Crippen molar-refractivity contribution in [3.05, 3.63) is 71.2 Å². The van der Waals surface area contributed by atoms with Gasteiger partial charge in [0.2, 0.25) is 0 Å². The maximum Gasteiger partial charge on any atom is 0.407 e. The third kappa shape index (κ3) is 3.15. The number of hydrogen-bond donors (Lipinski definition) is 1. The smallest absolute Gasteiger partial charge is 0.332 e. The number of benzene rings is 2. The van der Waals surface area contributed by atoms with E-state index in [1.54, 1.807) is 0 Å². The molecule has 4 nitrogen and oxygen atoms in total. The maximum absolute atomic E-state index is 13.2. The number of hydrogen-bond acceptors (Lipinski definition) is 1. The molecule has 1 aliphatic carbocycles. The Morgan fingerprint density at radius 2 is 1.93 bits per heavy atom. The first kappa shape index (κ1) is 19.1. The molecule has 2 aromatic carbocycles.